The van der Waals surface area contributed by atoms with Gasteiger partial charge in [-0.1, -0.05) is 17.7 Å². The lowest BCUT2D eigenvalue weighted by Gasteiger charge is -2.25. The number of carbonyl (C=O) groups excluding carboxylic acids is 1. The maximum absolute atomic E-state index is 14.0. The summed E-state index contributed by atoms with van der Waals surface area (Å²) in [5.74, 6) is -1.92. The van der Waals surface area contributed by atoms with Gasteiger partial charge in [0.2, 0.25) is 0 Å². The fourth-order valence-corrected chi connectivity index (χ4v) is 3.90. The van der Waals surface area contributed by atoms with Crippen LogP contribution in [0.15, 0.2) is 42.6 Å². The van der Waals surface area contributed by atoms with Crippen LogP contribution in [0.5, 0.6) is 0 Å². The zero-order valence-corrected chi connectivity index (χ0v) is 18.4. The minimum absolute atomic E-state index is 0. The summed E-state index contributed by atoms with van der Waals surface area (Å²) in [5, 5.41) is 10.9. The normalized spacial score (nSPS) is 14.2. The molecule has 0 unspecified atom stereocenters. The van der Waals surface area contributed by atoms with E-state index in [1.807, 2.05) is 25.1 Å². The van der Waals surface area contributed by atoms with Gasteiger partial charge in [0.25, 0.3) is 5.91 Å². The van der Waals surface area contributed by atoms with Gasteiger partial charge in [-0.2, -0.15) is 5.10 Å². The Balaban J connectivity index is 0.00000272. The monoisotopic (exact) mass is 466 g/mol. The summed E-state index contributed by atoms with van der Waals surface area (Å²) < 4.78 is 29.0. The first-order valence-corrected chi connectivity index (χ1v) is 10.1. The SMILES string of the molecule is Cc1ccc(-n2ncc(C(=O)Nc3ccc(F)cc3F)c2C2CCNCC2)cc1Cl.Cl. The van der Waals surface area contributed by atoms with Crippen molar-refractivity contribution in [3.05, 3.63) is 76.1 Å². The van der Waals surface area contributed by atoms with E-state index in [1.54, 1.807) is 4.68 Å². The van der Waals surface area contributed by atoms with E-state index in [-0.39, 0.29) is 24.0 Å². The molecule has 0 saturated carbocycles. The first-order chi connectivity index (χ1) is 14.4. The fourth-order valence-electron chi connectivity index (χ4n) is 3.72. The molecule has 1 fully saturated rings. The highest BCUT2D eigenvalue weighted by Crippen LogP contribution is 2.32. The fraction of sp³-hybridized carbons (Fsp3) is 0.273. The Bertz CT molecular complexity index is 1100. The number of hydrogen-bond acceptors (Lipinski definition) is 3. The average molecular weight is 467 g/mol. The van der Waals surface area contributed by atoms with Gasteiger partial charge < -0.3 is 10.6 Å². The maximum atomic E-state index is 14.0. The molecule has 1 aromatic heterocycles. The minimum Gasteiger partial charge on any atom is -0.319 e. The molecule has 164 valence electrons. The third kappa shape index (κ3) is 4.89. The molecule has 0 radical (unpaired) electrons. The van der Waals surface area contributed by atoms with Crippen LogP contribution in [-0.2, 0) is 0 Å². The molecule has 1 amide bonds. The van der Waals surface area contributed by atoms with Crippen molar-refractivity contribution in [3.8, 4) is 5.69 Å². The van der Waals surface area contributed by atoms with E-state index in [2.05, 4.69) is 15.7 Å². The molecular weight excluding hydrogens is 445 g/mol. The molecular formula is C22H22Cl2F2N4O. The Morgan fingerprint density at radius 1 is 1.19 bits per heavy atom. The van der Waals surface area contributed by atoms with Gasteiger partial charge in [0.05, 0.1) is 28.8 Å². The molecule has 0 aliphatic carbocycles. The summed E-state index contributed by atoms with van der Waals surface area (Å²) in [4.78, 5) is 13.0. The van der Waals surface area contributed by atoms with Crippen LogP contribution < -0.4 is 10.6 Å². The van der Waals surface area contributed by atoms with E-state index in [9.17, 15) is 13.6 Å². The van der Waals surface area contributed by atoms with Crippen molar-refractivity contribution in [3.63, 3.8) is 0 Å². The first kappa shape index (κ1) is 23.2. The number of carbonyl (C=O) groups is 1. The number of aromatic nitrogens is 2. The number of benzene rings is 2. The number of amides is 1. The molecule has 1 aliphatic rings. The third-order valence-corrected chi connectivity index (χ3v) is 5.76. The third-order valence-electron chi connectivity index (χ3n) is 5.36. The van der Waals surface area contributed by atoms with Crippen LogP contribution in [0.3, 0.4) is 0 Å². The van der Waals surface area contributed by atoms with Gasteiger partial charge in [-0.25, -0.2) is 13.5 Å². The van der Waals surface area contributed by atoms with Crippen LogP contribution >= 0.6 is 24.0 Å². The predicted molar refractivity (Wildman–Crippen MR) is 120 cm³/mol. The van der Waals surface area contributed by atoms with Crippen molar-refractivity contribution < 1.29 is 13.6 Å². The number of piperidine rings is 1. The molecule has 1 saturated heterocycles. The molecule has 1 aliphatic heterocycles. The van der Waals surface area contributed by atoms with Gasteiger partial charge in [-0.15, -0.1) is 12.4 Å². The topological polar surface area (TPSA) is 59.0 Å². The van der Waals surface area contributed by atoms with Crippen LogP contribution in [0.4, 0.5) is 14.5 Å². The Kier molecular flexibility index (Phi) is 7.30. The molecule has 4 rings (SSSR count). The van der Waals surface area contributed by atoms with Crippen molar-refractivity contribution in [1.82, 2.24) is 15.1 Å². The number of halogens is 4. The second kappa shape index (κ2) is 9.77. The predicted octanol–water partition coefficient (Wildman–Crippen LogP) is 5.25. The van der Waals surface area contributed by atoms with Gasteiger partial charge in [0.1, 0.15) is 11.6 Å². The summed E-state index contributed by atoms with van der Waals surface area (Å²) >= 11 is 6.31. The lowest BCUT2D eigenvalue weighted by atomic mass is 9.91. The number of anilines is 1. The molecule has 2 N–H and O–H groups in total. The van der Waals surface area contributed by atoms with Crippen molar-refractivity contribution in [2.75, 3.05) is 18.4 Å². The quantitative estimate of drug-likeness (QED) is 0.551. The Hall–Kier alpha value is -2.48. The van der Waals surface area contributed by atoms with E-state index in [4.69, 9.17) is 11.6 Å². The Morgan fingerprint density at radius 3 is 2.61 bits per heavy atom. The number of nitrogens with zero attached hydrogens (tertiary/aromatic N) is 2. The zero-order valence-electron chi connectivity index (χ0n) is 16.8. The Morgan fingerprint density at radius 2 is 1.94 bits per heavy atom. The van der Waals surface area contributed by atoms with Crippen LogP contribution in [0, 0.1) is 18.6 Å². The number of rotatable bonds is 4. The molecule has 0 atom stereocenters. The van der Waals surface area contributed by atoms with E-state index in [1.165, 1.54) is 12.3 Å². The maximum Gasteiger partial charge on any atom is 0.259 e. The lowest BCUT2D eigenvalue weighted by molar-refractivity contribution is 0.102. The molecule has 31 heavy (non-hydrogen) atoms. The number of nitrogens with one attached hydrogen (secondary N) is 2. The molecule has 3 aromatic rings. The second-order valence-electron chi connectivity index (χ2n) is 7.39. The minimum atomic E-state index is -0.829. The van der Waals surface area contributed by atoms with Crippen LogP contribution in [0.25, 0.3) is 5.69 Å². The summed E-state index contributed by atoms with van der Waals surface area (Å²) in [6.07, 6.45) is 3.18. The van der Waals surface area contributed by atoms with Crippen LogP contribution in [0.2, 0.25) is 5.02 Å². The molecule has 9 heteroatoms. The van der Waals surface area contributed by atoms with Crippen molar-refractivity contribution in [2.45, 2.75) is 25.7 Å². The Labute approximate surface area is 190 Å². The zero-order chi connectivity index (χ0) is 21.3. The molecule has 2 heterocycles. The van der Waals surface area contributed by atoms with E-state index >= 15 is 0 Å². The molecule has 2 aromatic carbocycles. The van der Waals surface area contributed by atoms with E-state index in [0.29, 0.717) is 10.6 Å². The van der Waals surface area contributed by atoms with Gasteiger partial charge >= 0.3 is 0 Å². The van der Waals surface area contributed by atoms with E-state index < -0.39 is 17.5 Å². The summed E-state index contributed by atoms with van der Waals surface area (Å²) in [6.45, 7) is 3.58. The highest BCUT2D eigenvalue weighted by Gasteiger charge is 2.27. The molecule has 5 nitrogen and oxygen atoms in total. The highest BCUT2D eigenvalue weighted by atomic mass is 35.5. The summed E-state index contributed by atoms with van der Waals surface area (Å²) in [5.41, 5.74) is 2.74. The molecule has 0 bridgehead atoms. The smallest absolute Gasteiger partial charge is 0.259 e. The largest absolute Gasteiger partial charge is 0.319 e. The van der Waals surface area contributed by atoms with Gasteiger partial charge in [-0.3, -0.25) is 4.79 Å². The first-order valence-electron chi connectivity index (χ1n) is 9.75. The number of aryl methyl sites for hydroxylation is 1. The van der Waals surface area contributed by atoms with E-state index in [0.717, 1.165) is 55.0 Å². The lowest BCUT2D eigenvalue weighted by Crippen LogP contribution is -2.29. The van der Waals surface area contributed by atoms with Gasteiger partial charge in [-0.05, 0) is 62.7 Å². The standard InChI is InChI=1S/C22H21ClF2N4O.ClH/c1-13-2-4-16(11-18(13)23)29-21(14-6-8-26-9-7-14)17(12-27-29)22(30)28-20-5-3-15(24)10-19(20)25;/h2-5,10-12,14,26H,6-9H2,1H3,(H,28,30);1H. The summed E-state index contributed by atoms with van der Waals surface area (Å²) in [7, 11) is 0. The van der Waals surface area contributed by atoms with Crippen molar-refractivity contribution >= 4 is 35.6 Å². The van der Waals surface area contributed by atoms with Crippen molar-refractivity contribution in [1.29, 1.82) is 0 Å². The average Bonchev–Trinajstić information content (AvgIpc) is 3.18. The van der Waals surface area contributed by atoms with Gasteiger partial charge in [0.15, 0.2) is 0 Å². The number of hydrogen-bond donors (Lipinski definition) is 2. The summed E-state index contributed by atoms with van der Waals surface area (Å²) in [6, 6.07) is 8.66. The molecule has 0 spiro atoms. The van der Waals surface area contributed by atoms with Gasteiger partial charge in [0, 0.05) is 17.0 Å². The highest BCUT2D eigenvalue weighted by molar-refractivity contribution is 6.31. The van der Waals surface area contributed by atoms with Crippen molar-refractivity contribution in [2.24, 2.45) is 0 Å². The second-order valence-corrected chi connectivity index (χ2v) is 7.80. The van der Waals surface area contributed by atoms with Crippen LogP contribution in [-0.4, -0.2) is 28.8 Å². The van der Waals surface area contributed by atoms with Crippen LogP contribution in [0.1, 0.15) is 40.4 Å².